The van der Waals surface area contributed by atoms with Gasteiger partial charge in [0, 0.05) is 0 Å². The lowest BCUT2D eigenvalue weighted by atomic mass is 10.1. The van der Waals surface area contributed by atoms with Crippen LogP contribution in [0.3, 0.4) is 0 Å². The van der Waals surface area contributed by atoms with Crippen LogP contribution in [0, 0.1) is 0 Å². The Morgan fingerprint density at radius 1 is 1.12 bits per heavy atom. The Morgan fingerprint density at radius 2 is 1.56 bits per heavy atom. The second-order valence-corrected chi connectivity index (χ2v) is 3.57. The van der Waals surface area contributed by atoms with Crippen molar-refractivity contribution in [3.8, 4) is 0 Å². The van der Waals surface area contributed by atoms with Gasteiger partial charge in [-0.2, -0.15) is 0 Å². The molecule has 96 valence electrons. The molecular formula is C10H22N2O4. The third-order valence-electron chi connectivity index (χ3n) is 1.83. The van der Waals surface area contributed by atoms with Crippen molar-refractivity contribution in [1.29, 1.82) is 0 Å². The Bertz CT molecular complexity index is 207. The van der Waals surface area contributed by atoms with Crippen LogP contribution in [0.2, 0.25) is 0 Å². The zero-order valence-electron chi connectivity index (χ0n) is 9.85. The molecule has 2 unspecified atom stereocenters. The van der Waals surface area contributed by atoms with Crippen molar-refractivity contribution in [3.05, 3.63) is 0 Å². The first kappa shape index (κ1) is 17.3. The van der Waals surface area contributed by atoms with Gasteiger partial charge in [-0.3, -0.25) is 9.59 Å². The fourth-order valence-corrected chi connectivity index (χ4v) is 0.738. The molecule has 0 saturated heterocycles. The maximum atomic E-state index is 10.2. The standard InChI is InChI=1S/C7H15NO2.C3H7NO2/c1-2-3-4-5-6(8)7(9)10;1-2(4)3(5)6/h6H,2-5,8H2,1H3,(H,9,10);2H,4H2,1H3,(H,5,6). The number of hydrogen-bond donors (Lipinski definition) is 4. The predicted octanol–water partition coefficient (Wildman–Crippen LogP) is 0.397. The van der Waals surface area contributed by atoms with Gasteiger partial charge in [0.15, 0.2) is 0 Å². The first-order valence-electron chi connectivity index (χ1n) is 5.29. The first-order valence-corrected chi connectivity index (χ1v) is 5.29. The first-order chi connectivity index (χ1) is 7.32. The molecule has 2 atom stereocenters. The van der Waals surface area contributed by atoms with Gasteiger partial charge in [-0.25, -0.2) is 0 Å². The fraction of sp³-hybridized carbons (Fsp3) is 0.800. The van der Waals surface area contributed by atoms with E-state index in [1.54, 1.807) is 0 Å². The van der Waals surface area contributed by atoms with Gasteiger partial charge >= 0.3 is 11.9 Å². The molecule has 0 aromatic heterocycles. The summed E-state index contributed by atoms with van der Waals surface area (Å²) in [6.07, 6.45) is 3.69. The summed E-state index contributed by atoms with van der Waals surface area (Å²) in [4.78, 5) is 19.7. The van der Waals surface area contributed by atoms with Crippen molar-refractivity contribution in [1.82, 2.24) is 0 Å². The van der Waals surface area contributed by atoms with E-state index in [2.05, 4.69) is 6.92 Å². The molecular weight excluding hydrogens is 212 g/mol. The highest BCUT2D eigenvalue weighted by Gasteiger charge is 2.09. The predicted molar refractivity (Wildman–Crippen MR) is 61.0 cm³/mol. The van der Waals surface area contributed by atoms with E-state index in [4.69, 9.17) is 21.7 Å². The third-order valence-corrected chi connectivity index (χ3v) is 1.83. The average molecular weight is 234 g/mol. The largest absolute Gasteiger partial charge is 0.480 e. The summed E-state index contributed by atoms with van der Waals surface area (Å²) in [6.45, 7) is 3.49. The van der Waals surface area contributed by atoms with Crippen LogP contribution in [0.1, 0.15) is 39.5 Å². The quantitative estimate of drug-likeness (QED) is 0.492. The van der Waals surface area contributed by atoms with E-state index in [1.165, 1.54) is 6.92 Å². The Labute approximate surface area is 95.6 Å². The smallest absolute Gasteiger partial charge is 0.320 e. The van der Waals surface area contributed by atoms with Crippen LogP contribution < -0.4 is 11.5 Å². The molecule has 6 N–H and O–H groups in total. The van der Waals surface area contributed by atoms with Crippen molar-refractivity contribution in [2.24, 2.45) is 11.5 Å². The SMILES string of the molecule is CC(N)C(=O)O.CCCCCC(N)C(=O)O. The van der Waals surface area contributed by atoms with Gasteiger partial charge < -0.3 is 21.7 Å². The summed E-state index contributed by atoms with van der Waals surface area (Å²) in [5.74, 6) is -1.86. The molecule has 6 heteroatoms. The highest BCUT2D eigenvalue weighted by molar-refractivity contribution is 5.73. The van der Waals surface area contributed by atoms with Crippen molar-refractivity contribution < 1.29 is 19.8 Å². The number of carboxylic acids is 2. The van der Waals surface area contributed by atoms with E-state index < -0.39 is 24.0 Å². The molecule has 16 heavy (non-hydrogen) atoms. The Hall–Kier alpha value is -1.14. The molecule has 0 radical (unpaired) electrons. The monoisotopic (exact) mass is 234 g/mol. The lowest BCUT2D eigenvalue weighted by Crippen LogP contribution is -2.29. The molecule has 0 aliphatic heterocycles. The normalized spacial score (nSPS) is 13.2. The van der Waals surface area contributed by atoms with Crippen molar-refractivity contribution >= 4 is 11.9 Å². The molecule has 0 aromatic rings. The lowest BCUT2D eigenvalue weighted by Gasteiger charge is -2.03. The van der Waals surface area contributed by atoms with Crippen LogP contribution in [-0.2, 0) is 9.59 Å². The van der Waals surface area contributed by atoms with Crippen LogP contribution in [0.25, 0.3) is 0 Å². The number of rotatable bonds is 6. The molecule has 0 fully saturated rings. The van der Waals surface area contributed by atoms with Crippen LogP contribution in [0.15, 0.2) is 0 Å². The minimum Gasteiger partial charge on any atom is -0.480 e. The number of nitrogens with two attached hydrogens (primary N) is 2. The third kappa shape index (κ3) is 12.9. The molecule has 0 saturated carbocycles. The van der Waals surface area contributed by atoms with E-state index in [0.29, 0.717) is 6.42 Å². The van der Waals surface area contributed by atoms with E-state index in [-0.39, 0.29) is 0 Å². The van der Waals surface area contributed by atoms with Crippen molar-refractivity contribution in [2.45, 2.75) is 51.6 Å². The minimum atomic E-state index is -0.963. The van der Waals surface area contributed by atoms with Gasteiger partial charge in [-0.15, -0.1) is 0 Å². The molecule has 0 amide bonds. The second kappa shape index (κ2) is 10.4. The number of aliphatic carboxylic acids is 2. The summed E-state index contributed by atoms with van der Waals surface area (Å²) >= 11 is 0. The number of unbranched alkanes of at least 4 members (excludes halogenated alkanes) is 2. The van der Waals surface area contributed by atoms with Crippen LogP contribution in [0.5, 0.6) is 0 Å². The summed E-state index contributed by atoms with van der Waals surface area (Å²) < 4.78 is 0. The zero-order valence-corrected chi connectivity index (χ0v) is 9.85. The van der Waals surface area contributed by atoms with Gasteiger partial charge in [-0.1, -0.05) is 26.2 Å². The Morgan fingerprint density at radius 3 is 1.81 bits per heavy atom. The number of carboxylic acid groups (broad SMARTS) is 2. The van der Waals surface area contributed by atoms with Crippen LogP contribution in [-0.4, -0.2) is 34.2 Å². The number of carbonyl (C=O) groups is 2. The van der Waals surface area contributed by atoms with Crippen molar-refractivity contribution in [3.63, 3.8) is 0 Å². The average Bonchev–Trinajstić information content (AvgIpc) is 2.18. The van der Waals surface area contributed by atoms with E-state index in [1.807, 2.05) is 0 Å². The molecule has 6 nitrogen and oxygen atoms in total. The van der Waals surface area contributed by atoms with E-state index >= 15 is 0 Å². The molecule has 0 aliphatic carbocycles. The minimum absolute atomic E-state index is 0.600. The molecule has 0 aromatic carbocycles. The van der Waals surface area contributed by atoms with Gasteiger partial charge in [0.05, 0.1) is 0 Å². The summed E-state index contributed by atoms with van der Waals surface area (Å²) in [6, 6.07) is -1.39. The molecule has 0 spiro atoms. The lowest BCUT2D eigenvalue weighted by molar-refractivity contribution is -0.139. The van der Waals surface area contributed by atoms with Crippen molar-refractivity contribution in [2.75, 3.05) is 0 Å². The van der Waals surface area contributed by atoms with Gasteiger partial charge in [0.1, 0.15) is 12.1 Å². The van der Waals surface area contributed by atoms with Gasteiger partial charge in [-0.05, 0) is 13.3 Å². The molecule has 0 heterocycles. The highest BCUT2D eigenvalue weighted by atomic mass is 16.4. The molecule has 0 rings (SSSR count). The summed E-state index contributed by atoms with van der Waals surface area (Å²) in [5.41, 5.74) is 10.1. The maximum Gasteiger partial charge on any atom is 0.320 e. The summed E-state index contributed by atoms with van der Waals surface area (Å²) in [7, 11) is 0. The highest BCUT2D eigenvalue weighted by Crippen LogP contribution is 2.01. The Balaban J connectivity index is 0. The maximum absolute atomic E-state index is 10.2. The van der Waals surface area contributed by atoms with E-state index in [9.17, 15) is 9.59 Å². The van der Waals surface area contributed by atoms with Crippen LogP contribution in [0.4, 0.5) is 0 Å². The summed E-state index contributed by atoms with van der Waals surface area (Å²) in [5, 5.41) is 16.2. The van der Waals surface area contributed by atoms with Gasteiger partial charge in [0.25, 0.3) is 0 Å². The number of hydrogen-bond acceptors (Lipinski definition) is 4. The topological polar surface area (TPSA) is 127 Å². The zero-order chi connectivity index (χ0) is 13.1. The Kier molecular flexibility index (Phi) is 11.2. The van der Waals surface area contributed by atoms with Gasteiger partial charge in [0.2, 0.25) is 0 Å². The molecule has 0 bridgehead atoms. The second-order valence-electron chi connectivity index (χ2n) is 3.57. The fourth-order valence-electron chi connectivity index (χ4n) is 0.738. The van der Waals surface area contributed by atoms with Crippen LogP contribution >= 0.6 is 0 Å². The molecule has 0 aliphatic rings. The van der Waals surface area contributed by atoms with E-state index in [0.717, 1.165) is 19.3 Å².